The van der Waals surface area contributed by atoms with Gasteiger partial charge in [0.25, 0.3) is 0 Å². The average molecular weight is 372 g/mol. The Morgan fingerprint density at radius 1 is 1.15 bits per heavy atom. The Bertz CT molecular complexity index is 675. The number of rotatable bonds is 9. The van der Waals surface area contributed by atoms with Crippen molar-refractivity contribution in [3.05, 3.63) is 65.7 Å². The summed E-state index contributed by atoms with van der Waals surface area (Å²) in [4.78, 5) is 3.77. The number of aliphatic hydroxyl groups is 1. The minimum atomic E-state index is -0.727. The van der Waals surface area contributed by atoms with Gasteiger partial charge in [-0.15, -0.1) is 0 Å². The highest BCUT2D eigenvalue weighted by molar-refractivity contribution is 5.14. The Morgan fingerprint density at radius 2 is 1.93 bits per heavy atom. The second-order valence-corrected chi connectivity index (χ2v) is 7.38. The molecule has 1 fully saturated rings. The van der Waals surface area contributed by atoms with Crippen LogP contribution >= 0.6 is 0 Å². The van der Waals surface area contributed by atoms with Crippen molar-refractivity contribution >= 4 is 0 Å². The smallest absolute Gasteiger partial charge is 0.141 e. The lowest BCUT2D eigenvalue weighted by Crippen LogP contribution is -2.27. The minimum Gasteiger partial charge on any atom is -0.387 e. The molecule has 1 aromatic carbocycles. The Balaban J connectivity index is 1.27. The number of pyridine rings is 1. The largest absolute Gasteiger partial charge is 0.387 e. The molecule has 0 saturated heterocycles. The molecule has 1 saturated carbocycles. The summed E-state index contributed by atoms with van der Waals surface area (Å²) in [6.07, 6.45) is 8.01. The van der Waals surface area contributed by atoms with Crippen molar-refractivity contribution in [1.82, 2.24) is 10.3 Å². The molecule has 1 heterocycles. The first-order chi connectivity index (χ1) is 13.2. The van der Waals surface area contributed by atoms with Crippen LogP contribution in [0.25, 0.3) is 0 Å². The van der Waals surface area contributed by atoms with Crippen LogP contribution in [0.2, 0.25) is 0 Å². The van der Waals surface area contributed by atoms with Crippen molar-refractivity contribution in [3.63, 3.8) is 0 Å². The van der Waals surface area contributed by atoms with Crippen LogP contribution < -0.4 is 5.32 Å². The van der Waals surface area contributed by atoms with Crippen molar-refractivity contribution in [2.45, 2.75) is 50.9 Å². The number of nitrogens with one attached hydrogen (secondary N) is 1. The zero-order chi connectivity index (χ0) is 18.9. The first-order valence-electron chi connectivity index (χ1n) is 9.85. The maximum atomic E-state index is 13.1. The van der Waals surface area contributed by atoms with Gasteiger partial charge in [0.1, 0.15) is 5.82 Å². The maximum absolute atomic E-state index is 13.1. The van der Waals surface area contributed by atoms with Crippen molar-refractivity contribution in [2.24, 2.45) is 5.92 Å². The van der Waals surface area contributed by atoms with E-state index in [1.807, 2.05) is 18.2 Å². The van der Waals surface area contributed by atoms with Crippen LogP contribution in [-0.2, 0) is 11.3 Å². The summed E-state index contributed by atoms with van der Waals surface area (Å²) in [6, 6.07) is 11.7. The predicted molar refractivity (Wildman–Crippen MR) is 104 cm³/mol. The lowest BCUT2D eigenvalue weighted by atomic mass is 9.85. The van der Waals surface area contributed by atoms with Gasteiger partial charge in [0.2, 0.25) is 0 Å². The van der Waals surface area contributed by atoms with E-state index >= 15 is 0 Å². The van der Waals surface area contributed by atoms with Gasteiger partial charge in [-0.1, -0.05) is 30.3 Å². The van der Waals surface area contributed by atoms with Gasteiger partial charge >= 0.3 is 0 Å². The van der Waals surface area contributed by atoms with E-state index in [4.69, 9.17) is 4.74 Å². The molecule has 2 N–H and O–H groups in total. The normalized spacial score (nSPS) is 21.1. The zero-order valence-electron chi connectivity index (χ0n) is 15.7. The van der Waals surface area contributed by atoms with E-state index in [1.165, 1.54) is 30.7 Å². The minimum absolute atomic E-state index is 0.372. The van der Waals surface area contributed by atoms with Crippen LogP contribution in [0.5, 0.6) is 0 Å². The topological polar surface area (TPSA) is 54.4 Å². The quantitative estimate of drug-likeness (QED) is 0.653. The molecule has 3 rings (SSSR count). The van der Waals surface area contributed by atoms with Gasteiger partial charge in [-0.3, -0.25) is 4.98 Å². The summed E-state index contributed by atoms with van der Waals surface area (Å²) in [7, 11) is 0. The Labute approximate surface area is 160 Å². The third kappa shape index (κ3) is 6.69. The Kier molecular flexibility index (Phi) is 7.75. The molecule has 4 nitrogen and oxygen atoms in total. The van der Waals surface area contributed by atoms with Crippen LogP contribution in [0.1, 0.15) is 49.3 Å². The van der Waals surface area contributed by atoms with Gasteiger partial charge in [-0.05, 0) is 56.2 Å². The number of nitrogens with zero attached hydrogens (tertiary/aromatic N) is 1. The molecule has 5 heteroatoms. The second kappa shape index (κ2) is 10.5. The monoisotopic (exact) mass is 372 g/mol. The number of halogens is 1. The van der Waals surface area contributed by atoms with Crippen LogP contribution in [0.3, 0.4) is 0 Å². The first-order valence-corrected chi connectivity index (χ1v) is 9.85. The molecule has 0 bridgehead atoms. The summed E-state index contributed by atoms with van der Waals surface area (Å²) >= 11 is 0. The number of ether oxygens (including phenoxy) is 1. The van der Waals surface area contributed by atoms with Gasteiger partial charge < -0.3 is 15.2 Å². The number of hydrogen-bond acceptors (Lipinski definition) is 4. The number of aliphatic hydroxyl groups excluding tert-OH is 1. The second-order valence-electron chi connectivity index (χ2n) is 7.38. The number of aromatic nitrogens is 1. The highest BCUT2D eigenvalue weighted by Gasteiger charge is 2.21. The third-order valence-corrected chi connectivity index (χ3v) is 5.30. The van der Waals surface area contributed by atoms with E-state index in [0.717, 1.165) is 32.0 Å². The van der Waals surface area contributed by atoms with Gasteiger partial charge in [-0.2, -0.15) is 0 Å². The summed E-state index contributed by atoms with van der Waals surface area (Å²) in [5, 5.41) is 13.4. The SMILES string of the molecule is O[C@@H](CNCCC1CCC(OCc2ccccc2)CC1)c1cncc(F)c1. The van der Waals surface area contributed by atoms with E-state index in [9.17, 15) is 9.50 Å². The summed E-state index contributed by atoms with van der Waals surface area (Å²) in [5.74, 6) is 0.292. The van der Waals surface area contributed by atoms with Gasteiger partial charge in [-0.25, -0.2) is 4.39 Å². The van der Waals surface area contributed by atoms with E-state index < -0.39 is 11.9 Å². The standard InChI is InChI=1S/C22H29FN2O2/c23-20-12-19(13-25-14-20)22(26)15-24-11-10-17-6-8-21(9-7-17)27-16-18-4-2-1-3-5-18/h1-5,12-14,17,21-22,24,26H,6-11,15-16H2/t17?,21?,22-/m0/s1. The Hall–Kier alpha value is -1.82. The van der Waals surface area contributed by atoms with Crippen LogP contribution in [0.15, 0.2) is 48.8 Å². The lowest BCUT2D eigenvalue weighted by Gasteiger charge is -2.28. The highest BCUT2D eigenvalue weighted by atomic mass is 19.1. The van der Waals surface area contributed by atoms with Crippen LogP contribution in [0, 0.1) is 11.7 Å². The first kappa shape index (κ1) is 19.9. The molecule has 1 aromatic heterocycles. The van der Waals surface area contributed by atoms with Crippen LogP contribution in [-0.4, -0.2) is 29.3 Å². The molecule has 0 radical (unpaired) electrons. The van der Waals surface area contributed by atoms with Crippen molar-refractivity contribution < 1.29 is 14.2 Å². The molecule has 0 amide bonds. The molecule has 0 unspecified atom stereocenters. The van der Waals surface area contributed by atoms with Gasteiger partial charge in [0, 0.05) is 18.3 Å². The van der Waals surface area contributed by atoms with E-state index in [-0.39, 0.29) is 0 Å². The Morgan fingerprint density at radius 3 is 2.67 bits per heavy atom. The zero-order valence-corrected chi connectivity index (χ0v) is 15.7. The molecule has 1 aliphatic rings. The van der Waals surface area contributed by atoms with E-state index in [0.29, 0.717) is 30.7 Å². The fourth-order valence-electron chi connectivity index (χ4n) is 3.65. The third-order valence-electron chi connectivity index (χ3n) is 5.30. The molecule has 146 valence electrons. The lowest BCUT2D eigenvalue weighted by molar-refractivity contribution is 0.00636. The number of benzene rings is 1. The number of hydrogen-bond donors (Lipinski definition) is 2. The summed E-state index contributed by atoms with van der Waals surface area (Å²) in [6.45, 7) is 1.98. The fourth-order valence-corrected chi connectivity index (χ4v) is 3.65. The summed E-state index contributed by atoms with van der Waals surface area (Å²) in [5.41, 5.74) is 1.74. The van der Waals surface area contributed by atoms with E-state index in [1.54, 1.807) is 0 Å². The van der Waals surface area contributed by atoms with E-state index in [2.05, 4.69) is 22.4 Å². The van der Waals surface area contributed by atoms with Crippen molar-refractivity contribution in [3.8, 4) is 0 Å². The molecular formula is C22H29FN2O2. The molecule has 2 aromatic rings. The van der Waals surface area contributed by atoms with Crippen molar-refractivity contribution in [2.75, 3.05) is 13.1 Å². The average Bonchev–Trinajstić information content (AvgIpc) is 2.71. The van der Waals surface area contributed by atoms with Crippen LogP contribution in [0.4, 0.5) is 4.39 Å². The molecule has 0 spiro atoms. The highest BCUT2D eigenvalue weighted by Crippen LogP contribution is 2.28. The molecular weight excluding hydrogens is 343 g/mol. The fraction of sp³-hybridized carbons (Fsp3) is 0.500. The molecule has 1 atom stereocenters. The van der Waals surface area contributed by atoms with Gasteiger partial charge in [0.15, 0.2) is 0 Å². The molecule has 0 aliphatic heterocycles. The summed E-state index contributed by atoms with van der Waals surface area (Å²) < 4.78 is 19.2. The predicted octanol–water partition coefficient (Wildman–Crippen LogP) is 4.01. The molecule has 1 aliphatic carbocycles. The van der Waals surface area contributed by atoms with Gasteiger partial charge in [0.05, 0.1) is 25.0 Å². The van der Waals surface area contributed by atoms with Crippen molar-refractivity contribution in [1.29, 1.82) is 0 Å². The maximum Gasteiger partial charge on any atom is 0.141 e. The molecule has 27 heavy (non-hydrogen) atoms.